The molecule has 2 saturated carbocycles. The molecule has 0 aliphatic heterocycles. The molecular formula is C32H52FeP2. The summed E-state index contributed by atoms with van der Waals surface area (Å²) in [6, 6.07) is 17.5. The molecule has 0 saturated heterocycles. The van der Waals surface area contributed by atoms with Gasteiger partial charge in [0.2, 0.25) is 0 Å². The Balaban J connectivity index is 0.000000640. The molecule has 2 fully saturated rings. The maximum atomic E-state index is 2.58. The average Bonchev–Trinajstić information content (AvgIpc) is 3.49. The van der Waals surface area contributed by atoms with Gasteiger partial charge in [0.05, 0.1) is 0 Å². The van der Waals surface area contributed by atoms with Crippen LogP contribution in [0.25, 0.3) is 0 Å². The summed E-state index contributed by atoms with van der Waals surface area (Å²) in [7, 11) is -0.114. The van der Waals surface area contributed by atoms with Gasteiger partial charge in [-0.25, -0.2) is 12.1 Å². The zero-order valence-electron chi connectivity index (χ0n) is 23.7. The molecule has 0 N–H and O–H groups in total. The molecule has 198 valence electrons. The van der Waals surface area contributed by atoms with E-state index in [-0.39, 0.29) is 32.9 Å². The van der Waals surface area contributed by atoms with Crippen LogP contribution in [0.15, 0.2) is 48.5 Å². The van der Waals surface area contributed by atoms with Gasteiger partial charge < -0.3 is 0 Å². The molecule has 0 amide bonds. The van der Waals surface area contributed by atoms with Gasteiger partial charge in [0, 0.05) is 0 Å². The fourth-order valence-corrected chi connectivity index (χ4v) is 16.0. The third-order valence-electron chi connectivity index (χ3n) is 7.88. The standard InChI is InChI=1S/C27H47P2.C5H5.Fe/c1-21(29(26(2,3)4)27(5,6)7)24-19-14-20-25(24)28(22-15-10-8-11-16-22)23-17-12-9-13-18-23;1-2-4-5-3-1;/h14,19-23H,8-13,15-18H2,1-7H3;1-5H;/q2*-1;+2. The van der Waals surface area contributed by atoms with Crippen LogP contribution in [-0.2, 0) is 17.1 Å². The van der Waals surface area contributed by atoms with Crippen LogP contribution in [-0.4, -0.2) is 21.6 Å². The monoisotopic (exact) mass is 554 g/mol. The van der Waals surface area contributed by atoms with E-state index in [1.165, 1.54) is 64.2 Å². The van der Waals surface area contributed by atoms with E-state index in [0.29, 0.717) is 16.0 Å². The molecule has 0 spiro atoms. The van der Waals surface area contributed by atoms with Gasteiger partial charge in [0.1, 0.15) is 0 Å². The molecule has 0 bridgehead atoms. The maximum Gasteiger partial charge on any atom is 2.00 e. The van der Waals surface area contributed by atoms with E-state index >= 15 is 0 Å². The molecule has 1 atom stereocenters. The Bertz CT molecular complexity index is 746. The summed E-state index contributed by atoms with van der Waals surface area (Å²) in [6.45, 7) is 17.5. The van der Waals surface area contributed by atoms with Crippen LogP contribution in [0.5, 0.6) is 0 Å². The van der Waals surface area contributed by atoms with E-state index in [4.69, 9.17) is 0 Å². The van der Waals surface area contributed by atoms with Gasteiger partial charge in [-0.2, -0.15) is 47.3 Å². The van der Waals surface area contributed by atoms with Crippen molar-refractivity contribution in [1.29, 1.82) is 0 Å². The molecule has 0 heterocycles. The van der Waals surface area contributed by atoms with Crippen molar-refractivity contribution in [1.82, 2.24) is 0 Å². The molecule has 35 heavy (non-hydrogen) atoms. The quantitative estimate of drug-likeness (QED) is 0.196. The third-order valence-corrected chi connectivity index (χ3v) is 15.4. The van der Waals surface area contributed by atoms with Crippen LogP contribution in [0.2, 0.25) is 0 Å². The fraction of sp³-hybridized carbons (Fsp3) is 0.688. The summed E-state index contributed by atoms with van der Waals surface area (Å²) >= 11 is 0. The van der Waals surface area contributed by atoms with Crippen molar-refractivity contribution >= 4 is 21.1 Å². The van der Waals surface area contributed by atoms with Crippen LogP contribution >= 0.6 is 15.8 Å². The van der Waals surface area contributed by atoms with Gasteiger partial charge in [-0.05, 0) is 47.3 Å². The fourth-order valence-electron chi connectivity index (χ4n) is 7.05. The second-order valence-electron chi connectivity index (χ2n) is 12.7. The second kappa shape index (κ2) is 14.3. The van der Waals surface area contributed by atoms with Crippen molar-refractivity contribution in [2.24, 2.45) is 0 Å². The van der Waals surface area contributed by atoms with Crippen molar-refractivity contribution < 1.29 is 17.1 Å². The maximum absolute atomic E-state index is 2.58. The number of hydrogen-bond donors (Lipinski definition) is 0. The molecule has 0 radical (unpaired) electrons. The molecule has 0 aromatic heterocycles. The summed E-state index contributed by atoms with van der Waals surface area (Å²) in [5, 5.41) is 2.62. The summed E-state index contributed by atoms with van der Waals surface area (Å²) in [4.78, 5) is 0. The molecule has 1 unspecified atom stereocenters. The molecule has 4 rings (SSSR count). The summed E-state index contributed by atoms with van der Waals surface area (Å²) in [6.07, 6.45) is 14.9. The van der Waals surface area contributed by atoms with Crippen molar-refractivity contribution in [3.8, 4) is 0 Å². The van der Waals surface area contributed by atoms with Crippen LogP contribution in [0.3, 0.4) is 0 Å². The van der Waals surface area contributed by atoms with Gasteiger partial charge >= 0.3 is 17.1 Å². The Morgan fingerprint density at radius 1 is 0.714 bits per heavy atom. The molecular weight excluding hydrogens is 502 g/mol. The number of hydrogen-bond acceptors (Lipinski definition) is 0. The van der Waals surface area contributed by atoms with Gasteiger partial charge in [0.25, 0.3) is 0 Å². The van der Waals surface area contributed by atoms with Gasteiger partial charge in [-0.3, -0.25) is 0 Å². The van der Waals surface area contributed by atoms with Crippen LogP contribution < -0.4 is 5.30 Å². The Morgan fingerprint density at radius 3 is 1.54 bits per heavy atom. The smallest absolute Gasteiger partial charge is 0.214 e. The molecule has 0 nitrogen and oxygen atoms in total. The normalized spacial score (nSPS) is 19.2. The first-order valence-electron chi connectivity index (χ1n) is 14.1. The van der Waals surface area contributed by atoms with Crippen LogP contribution in [0, 0.1) is 0 Å². The molecule has 2 aliphatic carbocycles. The zero-order chi connectivity index (χ0) is 24.8. The van der Waals surface area contributed by atoms with Crippen molar-refractivity contribution in [3.63, 3.8) is 0 Å². The van der Waals surface area contributed by atoms with Gasteiger partial charge in [0.15, 0.2) is 0 Å². The minimum absolute atomic E-state index is 0. The van der Waals surface area contributed by atoms with E-state index in [9.17, 15) is 0 Å². The summed E-state index contributed by atoms with van der Waals surface area (Å²) in [5.41, 5.74) is 4.46. The molecule has 2 aromatic rings. The van der Waals surface area contributed by atoms with Gasteiger partial charge in [-0.15, -0.1) is 15.8 Å². The minimum atomic E-state index is -0.120. The predicted octanol–water partition coefficient (Wildman–Crippen LogP) is 10.7. The zero-order valence-corrected chi connectivity index (χ0v) is 26.6. The Kier molecular flexibility index (Phi) is 12.8. The molecule has 2 aliphatic rings. The van der Waals surface area contributed by atoms with Crippen molar-refractivity contribution in [2.45, 2.75) is 140 Å². The Labute approximate surface area is 231 Å². The molecule has 2 aromatic carbocycles. The first-order chi connectivity index (χ1) is 16.1. The summed E-state index contributed by atoms with van der Waals surface area (Å²) in [5.74, 6) is 0. The van der Waals surface area contributed by atoms with E-state index in [1.807, 2.05) is 35.6 Å². The van der Waals surface area contributed by atoms with E-state index in [0.717, 1.165) is 11.3 Å². The number of rotatable bonds is 5. The van der Waals surface area contributed by atoms with Crippen molar-refractivity contribution in [2.75, 3.05) is 0 Å². The Hall–Kier alpha value is 0.0795. The first-order valence-corrected chi connectivity index (χ1v) is 17.0. The van der Waals surface area contributed by atoms with E-state index in [2.05, 4.69) is 66.7 Å². The van der Waals surface area contributed by atoms with E-state index < -0.39 is 0 Å². The topological polar surface area (TPSA) is 0 Å². The van der Waals surface area contributed by atoms with Crippen LogP contribution in [0.4, 0.5) is 0 Å². The first kappa shape index (κ1) is 31.3. The van der Waals surface area contributed by atoms with Crippen molar-refractivity contribution in [3.05, 3.63) is 54.1 Å². The largest absolute Gasteiger partial charge is 2.00 e. The molecule has 3 heteroatoms. The Morgan fingerprint density at radius 2 is 1.17 bits per heavy atom. The summed E-state index contributed by atoms with van der Waals surface area (Å²) < 4.78 is 0. The minimum Gasteiger partial charge on any atom is -0.214 e. The SMILES string of the molecule is CC(c1c[cH-]cc1P(C1CCCCC1)C1CCCCC1)P(C(C)(C)C)C(C)(C)C.[Fe+2].c1cc[cH-]c1. The van der Waals surface area contributed by atoms with Crippen LogP contribution in [0.1, 0.15) is 124 Å². The van der Waals surface area contributed by atoms with E-state index in [1.54, 1.807) is 5.56 Å². The third kappa shape index (κ3) is 8.81. The predicted molar refractivity (Wildman–Crippen MR) is 159 cm³/mol. The second-order valence-corrected chi connectivity index (χ2v) is 19.7. The van der Waals surface area contributed by atoms with Gasteiger partial charge in [-0.1, -0.05) is 92.7 Å². The average molecular weight is 555 g/mol.